The number of ether oxygens (including phenoxy) is 1. The highest BCUT2D eigenvalue weighted by Gasteiger charge is 2.18. The molecule has 1 aromatic carbocycles. The number of nitrogens with one attached hydrogen (secondary N) is 2. The number of rotatable bonds is 6. The Morgan fingerprint density at radius 2 is 2.07 bits per heavy atom. The van der Waals surface area contributed by atoms with Crippen molar-refractivity contribution < 1.29 is 23.6 Å². The number of aromatic nitrogens is 1. The molecule has 0 aliphatic carbocycles. The van der Waals surface area contributed by atoms with Crippen molar-refractivity contribution >= 4 is 56.6 Å². The number of nitrogens with zero attached hydrogens (tertiary/aromatic N) is 1. The number of benzene rings is 1. The Hall–Kier alpha value is -2.91. The number of esters is 1. The fourth-order valence-corrected chi connectivity index (χ4v) is 3.63. The van der Waals surface area contributed by atoms with Crippen molar-refractivity contribution in [2.45, 2.75) is 6.92 Å². The van der Waals surface area contributed by atoms with Gasteiger partial charge < -0.3 is 19.9 Å². The minimum absolute atomic E-state index is 0.223. The van der Waals surface area contributed by atoms with Gasteiger partial charge >= 0.3 is 5.97 Å². The van der Waals surface area contributed by atoms with Crippen LogP contribution in [0.1, 0.15) is 15.4 Å². The summed E-state index contributed by atoms with van der Waals surface area (Å²) in [5.74, 6) is -1.06. The highest BCUT2D eigenvalue weighted by molar-refractivity contribution is 7.21. The molecule has 0 saturated carbocycles. The molecule has 3 aromatic rings. The molecule has 2 heterocycles. The number of anilines is 1. The van der Waals surface area contributed by atoms with Crippen LogP contribution in [0.5, 0.6) is 0 Å². The third-order valence-electron chi connectivity index (χ3n) is 3.39. The molecule has 0 aliphatic rings. The van der Waals surface area contributed by atoms with E-state index in [1.165, 1.54) is 17.4 Å². The Balaban J connectivity index is 1.47. The predicted molar refractivity (Wildman–Crippen MR) is 100.0 cm³/mol. The maximum Gasteiger partial charge on any atom is 0.325 e. The summed E-state index contributed by atoms with van der Waals surface area (Å²) >= 11 is 7.44. The van der Waals surface area contributed by atoms with Gasteiger partial charge in [-0.3, -0.25) is 14.4 Å². The van der Waals surface area contributed by atoms with E-state index in [4.69, 9.17) is 20.9 Å². The second-order valence-corrected chi connectivity index (χ2v) is 6.89. The van der Waals surface area contributed by atoms with Crippen LogP contribution < -0.4 is 10.6 Å². The molecule has 3 rings (SSSR count). The standard InChI is InChI=1S/C17H14ClN3O5S/c1-9-6-12(21-26-9)20-13(22)8-25-14(23)7-19-17(24)16-15(18)10-4-2-3-5-11(10)27-16/h2-6H,7-8H2,1H3,(H,19,24)(H,20,21,22). The van der Waals surface area contributed by atoms with Gasteiger partial charge in [0.05, 0.1) is 5.02 Å². The van der Waals surface area contributed by atoms with Crippen LogP contribution in [0.4, 0.5) is 5.82 Å². The topological polar surface area (TPSA) is 111 Å². The number of thiophene rings is 1. The molecule has 0 saturated heterocycles. The SMILES string of the molecule is Cc1cc(NC(=O)COC(=O)CNC(=O)c2sc3ccccc3c2Cl)no1. The Kier molecular flexibility index (Phi) is 5.72. The zero-order valence-corrected chi connectivity index (χ0v) is 15.6. The van der Waals surface area contributed by atoms with E-state index < -0.39 is 24.4 Å². The maximum atomic E-state index is 12.2. The van der Waals surface area contributed by atoms with E-state index in [1.54, 1.807) is 6.92 Å². The summed E-state index contributed by atoms with van der Waals surface area (Å²) < 4.78 is 10.5. The third-order valence-corrected chi connectivity index (χ3v) is 5.07. The molecule has 8 nitrogen and oxygen atoms in total. The number of amides is 2. The van der Waals surface area contributed by atoms with Gasteiger partial charge in [-0.2, -0.15) is 0 Å². The maximum absolute atomic E-state index is 12.2. The molecular weight excluding hydrogens is 394 g/mol. The van der Waals surface area contributed by atoms with Gasteiger partial charge in [-0.05, 0) is 13.0 Å². The summed E-state index contributed by atoms with van der Waals surface area (Å²) in [6.45, 7) is 0.776. The lowest BCUT2D eigenvalue weighted by molar-refractivity contribution is -0.146. The van der Waals surface area contributed by atoms with E-state index >= 15 is 0 Å². The van der Waals surface area contributed by atoms with Crippen LogP contribution in [-0.2, 0) is 14.3 Å². The Morgan fingerprint density at radius 1 is 1.30 bits per heavy atom. The average Bonchev–Trinajstić information content (AvgIpc) is 3.21. The molecule has 0 atom stereocenters. The molecule has 2 amide bonds. The van der Waals surface area contributed by atoms with Crippen LogP contribution in [0.3, 0.4) is 0 Å². The lowest BCUT2D eigenvalue weighted by Crippen LogP contribution is -2.32. The fraction of sp³-hybridized carbons (Fsp3) is 0.176. The molecule has 0 radical (unpaired) electrons. The van der Waals surface area contributed by atoms with Crippen LogP contribution in [0.2, 0.25) is 5.02 Å². The third kappa shape index (κ3) is 4.63. The number of hydrogen-bond acceptors (Lipinski definition) is 7. The molecule has 27 heavy (non-hydrogen) atoms. The minimum atomic E-state index is -0.757. The number of hydrogen-bond donors (Lipinski definition) is 2. The molecule has 140 valence electrons. The van der Waals surface area contributed by atoms with Crippen molar-refractivity contribution in [2.24, 2.45) is 0 Å². The molecule has 0 bridgehead atoms. The summed E-state index contributed by atoms with van der Waals surface area (Å²) in [6, 6.07) is 8.86. The van der Waals surface area contributed by atoms with E-state index in [-0.39, 0.29) is 12.4 Å². The van der Waals surface area contributed by atoms with Crippen LogP contribution in [-0.4, -0.2) is 36.1 Å². The van der Waals surface area contributed by atoms with Gasteiger partial charge in [0.1, 0.15) is 17.2 Å². The van der Waals surface area contributed by atoms with Gasteiger partial charge in [0.25, 0.3) is 11.8 Å². The number of carbonyl (C=O) groups is 3. The summed E-state index contributed by atoms with van der Waals surface area (Å²) in [5, 5.41) is 9.54. The highest BCUT2D eigenvalue weighted by Crippen LogP contribution is 2.34. The molecular formula is C17H14ClN3O5S. The summed E-state index contributed by atoms with van der Waals surface area (Å²) in [4.78, 5) is 35.9. The van der Waals surface area contributed by atoms with E-state index in [9.17, 15) is 14.4 Å². The van der Waals surface area contributed by atoms with E-state index in [0.717, 1.165) is 10.1 Å². The molecule has 2 N–H and O–H groups in total. The van der Waals surface area contributed by atoms with Gasteiger partial charge in [0.2, 0.25) is 0 Å². The number of aryl methyl sites for hydroxylation is 1. The largest absolute Gasteiger partial charge is 0.454 e. The predicted octanol–water partition coefficient (Wildman–Crippen LogP) is 2.76. The summed E-state index contributed by atoms with van der Waals surface area (Å²) in [7, 11) is 0. The van der Waals surface area contributed by atoms with Crippen molar-refractivity contribution in [3.63, 3.8) is 0 Å². The number of carbonyl (C=O) groups excluding carboxylic acids is 3. The second kappa shape index (κ2) is 8.19. The lowest BCUT2D eigenvalue weighted by atomic mass is 10.2. The van der Waals surface area contributed by atoms with Gasteiger partial charge in [0.15, 0.2) is 12.4 Å². The first kappa shape index (κ1) is 18.9. The van der Waals surface area contributed by atoms with E-state index in [0.29, 0.717) is 15.7 Å². The number of fused-ring (bicyclic) bond motifs is 1. The minimum Gasteiger partial charge on any atom is -0.454 e. The van der Waals surface area contributed by atoms with Crippen molar-refractivity contribution in [3.8, 4) is 0 Å². The lowest BCUT2D eigenvalue weighted by Gasteiger charge is -2.06. The Morgan fingerprint density at radius 3 is 2.78 bits per heavy atom. The van der Waals surface area contributed by atoms with E-state index in [2.05, 4.69) is 15.8 Å². The summed E-state index contributed by atoms with van der Waals surface area (Å²) in [5.41, 5.74) is 0. The van der Waals surface area contributed by atoms with Crippen molar-refractivity contribution in [3.05, 3.63) is 46.0 Å². The first-order chi connectivity index (χ1) is 12.9. The second-order valence-electron chi connectivity index (χ2n) is 5.46. The quantitative estimate of drug-likeness (QED) is 0.608. The van der Waals surface area contributed by atoms with Crippen molar-refractivity contribution in [1.29, 1.82) is 0 Å². The van der Waals surface area contributed by atoms with Gasteiger partial charge in [-0.1, -0.05) is 35.0 Å². The average molecular weight is 408 g/mol. The van der Waals surface area contributed by atoms with Gasteiger partial charge in [-0.15, -0.1) is 11.3 Å². The van der Waals surface area contributed by atoms with Crippen molar-refractivity contribution in [2.75, 3.05) is 18.5 Å². The Labute approximate surface area is 162 Å². The highest BCUT2D eigenvalue weighted by atomic mass is 35.5. The normalized spacial score (nSPS) is 10.6. The van der Waals surface area contributed by atoms with Crippen LogP contribution in [0.15, 0.2) is 34.9 Å². The van der Waals surface area contributed by atoms with Crippen LogP contribution >= 0.6 is 22.9 Å². The van der Waals surface area contributed by atoms with Gasteiger partial charge in [0, 0.05) is 16.2 Å². The zero-order valence-electron chi connectivity index (χ0n) is 14.1. The summed E-state index contributed by atoms with van der Waals surface area (Å²) in [6.07, 6.45) is 0. The monoisotopic (exact) mass is 407 g/mol. The first-order valence-electron chi connectivity index (χ1n) is 7.78. The molecule has 0 unspecified atom stereocenters. The number of halogens is 1. The molecule has 0 aliphatic heterocycles. The molecule has 10 heteroatoms. The Bertz CT molecular complexity index is 1010. The zero-order chi connectivity index (χ0) is 19.4. The van der Waals surface area contributed by atoms with Crippen LogP contribution in [0.25, 0.3) is 10.1 Å². The molecule has 2 aromatic heterocycles. The smallest absolute Gasteiger partial charge is 0.325 e. The van der Waals surface area contributed by atoms with Crippen LogP contribution in [0, 0.1) is 6.92 Å². The molecule has 0 fully saturated rings. The van der Waals surface area contributed by atoms with E-state index in [1.807, 2.05) is 24.3 Å². The van der Waals surface area contributed by atoms with Crippen molar-refractivity contribution in [1.82, 2.24) is 10.5 Å². The fourth-order valence-electron chi connectivity index (χ4n) is 2.19. The molecule has 0 spiro atoms. The first-order valence-corrected chi connectivity index (χ1v) is 8.97. The van der Waals surface area contributed by atoms with Gasteiger partial charge in [-0.25, -0.2) is 0 Å².